The van der Waals surface area contributed by atoms with Crippen LogP contribution in [0, 0.1) is 0 Å². The summed E-state index contributed by atoms with van der Waals surface area (Å²) in [5, 5.41) is -0.556. The maximum atomic E-state index is 13.6. The second-order valence-electron chi connectivity index (χ2n) is 8.47. The van der Waals surface area contributed by atoms with E-state index in [0.29, 0.717) is 10.5 Å². The molecule has 0 saturated carbocycles. The number of benzene rings is 3. The number of alkyl halides is 6. The minimum atomic E-state index is -4.84. The van der Waals surface area contributed by atoms with Crippen LogP contribution in [0.25, 0.3) is 10.8 Å². The highest BCUT2D eigenvalue weighted by atomic mass is 35.5. The molecule has 14 heteroatoms. The van der Waals surface area contributed by atoms with Crippen molar-refractivity contribution in [3.05, 3.63) is 64.2 Å². The van der Waals surface area contributed by atoms with Gasteiger partial charge in [-0.3, -0.25) is 14.4 Å². The molecule has 3 aromatic carbocycles. The molecule has 3 aromatic rings. The number of ether oxygens (including phenoxy) is 3. The summed E-state index contributed by atoms with van der Waals surface area (Å²) in [5.41, 5.74) is -1.29. The molecule has 1 aliphatic rings. The van der Waals surface area contributed by atoms with Crippen molar-refractivity contribution in [3.8, 4) is 11.5 Å². The van der Waals surface area contributed by atoms with E-state index >= 15 is 0 Å². The Balaban J connectivity index is 1.88. The van der Waals surface area contributed by atoms with Crippen molar-refractivity contribution >= 4 is 45.8 Å². The van der Waals surface area contributed by atoms with Gasteiger partial charge >= 0.3 is 18.3 Å². The van der Waals surface area contributed by atoms with E-state index in [1.54, 1.807) is 6.92 Å². The summed E-state index contributed by atoms with van der Waals surface area (Å²) in [6.45, 7) is -1.96. The number of fused-ring (bicyclic) bond motifs is 2. The van der Waals surface area contributed by atoms with Gasteiger partial charge in [-0.1, -0.05) is 41.9 Å². The SMILES string of the molecule is CCOC(=O)Cc1ccc(N2C(=O)c3c(c(OCC(F)(F)F)c4ccccc4c3OCC(F)(F)F)C2=O)c(Cl)c1. The minimum Gasteiger partial charge on any atom is -0.483 e. The van der Waals surface area contributed by atoms with Crippen LogP contribution in [0.3, 0.4) is 0 Å². The zero-order valence-electron chi connectivity index (χ0n) is 20.4. The summed E-state index contributed by atoms with van der Waals surface area (Å²) in [4.78, 5) is 39.5. The van der Waals surface area contributed by atoms with Gasteiger partial charge < -0.3 is 14.2 Å². The Morgan fingerprint density at radius 2 is 1.35 bits per heavy atom. The molecule has 0 aliphatic carbocycles. The van der Waals surface area contributed by atoms with Gasteiger partial charge in [-0.05, 0) is 24.6 Å². The Morgan fingerprint density at radius 1 is 0.850 bits per heavy atom. The summed E-state index contributed by atoms with van der Waals surface area (Å²) >= 11 is 6.31. The van der Waals surface area contributed by atoms with Gasteiger partial charge in [0.2, 0.25) is 0 Å². The highest BCUT2D eigenvalue weighted by molar-refractivity contribution is 6.41. The Bertz CT molecular complexity index is 1430. The van der Waals surface area contributed by atoms with Gasteiger partial charge in [0, 0.05) is 10.8 Å². The number of amides is 2. The summed E-state index contributed by atoms with van der Waals surface area (Å²) < 4.78 is 93.3. The van der Waals surface area contributed by atoms with Crippen LogP contribution in [-0.2, 0) is 16.0 Å². The molecule has 212 valence electrons. The van der Waals surface area contributed by atoms with Crippen molar-refractivity contribution in [2.45, 2.75) is 25.7 Å². The number of esters is 1. The first kappa shape index (κ1) is 29.0. The van der Waals surface area contributed by atoms with Crippen LogP contribution in [0.2, 0.25) is 5.02 Å². The van der Waals surface area contributed by atoms with Gasteiger partial charge in [-0.15, -0.1) is 0 Å². The number of imide groups is 1. The second-order valence-corrected chi connectivity index (χ2v) is 8.88. The molecule has 0 spiro atoms. The Morgan fingerprint density at radius 3 is 1.77 bits per heavy atom. The maximum Gasteiger partial charge on any atom is 0.422 e. The molecule has 0 N–H and O–H groups in total. The molecular formula is C26H18ClF6NO6. The highest BCUT2D eigenvalue weighted by Gasteiger charge is 2.45. The summed E-state index contributed by atoms with van der Waals surface area (Å²) in [5.74, 6) is -4.27. The van der Waals surface area contributed by atoms with E-state index in [-0.39, 0.29) is 34.5 Å². The molecule has 0 saturated heterocycles. The van der Waals surface area contributed by atoms with Crippen molar-refractivity contribution in [2.75, 3.05) is 24.7 Å². The van der Waals surface area contributed by atoms with Crippen molar-refractivity contribution in [1.82, 2.24) is 0 Å². The summed E-state index contributed by atoms with van der Waals surface area (Å²) in [6, 6.07) is 9.02. The number of carbonyl (C=O) groups excluding carboxylic acids is 3. The highest BCUT2D eigenvalue weighted by Crippen LogP contribution is 2.47. The first-order valence-corrected chi connectivity index (χ1v) is 11.9. The zero-order valence-corrected chi connectivity index (χ0v) is 21.2. The van der Waals surface area contributed by atoms with E-state index in [9.17, 15) is 40.7 Å². The lowest BCUT2D eigenvalue weighted by Gasteiger charge is -2.18. The Labute approximate surface area is 227 Å². The van der Waals surface area contributed by atoms with Crippen molar-refractivity contribution in [3.63, 3.8) is 0 Å². The number of carbonyl (C=O) groups is 3. The smallest absolute Gasteiger partial charge is 0.422 e. The van der Waals surface area contributed by atoms with Gasteiger partial charge in [0.25, 0.3) is 11.8 Å². The average molecular weight is 590 g/mol. The van der Waals surface area contributed by atoms with Crippen LogP contribution in [0.1, 0.15) is 33.2 Å². The van der Waals surface area contributed by atoms with Crippen LogP contribution in [0.15, 0.2) is 42.5 Å². The molecular weight excluding hydrogens is 572 g/mol. The van der Waals surface area contributed by atoms with E-state index in [1.807, 2.05) is 0 Å². The predicted octanol–water partition coefficient (Wildman–Crippen LogP) is 6.28. The van der Waals surface area contributed by atoms with Gasteiger partial charge in [-0.2, -0.15) is 26.3 Å². The molecule has 1 heterocycles. The average Bonchev–Trinajstić information content (AvgIpc) is 3.10. The largest absolute Gasteiger partial charge is 0.483 e. The molecule has 4 rings (SSSR count). The molecule has 0 unspecified atom stereocenters. The third kappa shape index (κ3) is 5.93. The van der Waals surface area contributed by atoms with E-state index in [2.05, 4.69) is 0 Å². The van der Waals surface area contributed by atoms with Crippen LogP contribution >= 0.6 is 11.6 Å². The second kappa shape index (κ2) is 10.9. The number of nitrogens with zero attached hydrogens (tertiary/aromatic N) is 1. The predicted molar refractivity (Wildman–Crippen MR) is 130 cm³/mol. The lowest BCUT2D eigenvalue weighted by atomic mass is 9.99. The van der Waals surface area contributed by atoms with E-state index in [0.717, 1.165) is 0 Å². The van der Waals surface area contributed by atoms with Crippen molar-refractivity contribution < 1.29 is 54.9 Å². The van der Waals surface area contributed by atoms with Crippen LogP contribution in [0.5, 0.6) is 11.5 Å². The first-order chi connectivity index (χ1) is 18.7. The first-order valence-electron chi connectivity index (χ1n) is 11.5. The third-order valence-corrected chi connectivity index (χ3v) is 5.92. The third-order valence-electron chi connectivity index (χ3n) is 5.62. The summed E-state index contributed by atoms with van der Waals surface area (Å²) in [7, 11) is 0. The van der Waals surface area contributed by atoms with Crippen molar-refractivity contribution in [2.24, 2.45) is 0 Å². The summed E-state index contributed by atoms with van der Waals surface area (Å²) in [6.07, 6.45) is -9.88. The topological polar surface area (TPSA) is 82.1 Å². The fourth-order valence-corrected chi connectivity index (χ4v) is 4.43. The fraction of sp³-hybridized carbons (Fsp3) is 0.269. The normalized spacial score (nSPS) is 13.6. The fourth-order valence-electron chi connectivity index (χ4n) is 4.15. The van der Waals surface area contributed by atoms with Gasteiger partial charge in [-0.25, -0.2) is 4.90 Å². The van der Waals surface area contributed by atoms with Crippen LogP contribution in [0.4, 0.5) is 32.0 Å². The number of anilines is 1. The number of halogens is 7. The minimum absolute atomic E-state index is 0.130. The van der Waals surface area contributed by atoms with Crippen LogP contribution in [-0.4, -0.2) is 50.0 Å². The zero-order chi connectivity index (χ0) is 29.4. The molecule has 40 heavy (non-hydrogen) atoms. The van der Waals surface area contributed by atoms with Gasteiger partial charge in [0.05, 0.1) is 34.9 Å². The monoisotopic (exact) mass is 589 g/mol. The molecule has 1 aliphatic heterocycles. The van der Waals surface area contributed by atoms with Crippen LogP contribution < -0.4 is 14.4 Å². The lowest BCUT2D eigenvalue weighted by molar-refractivity contribution is -0.154. The molecule has 0 bridgehead atoms. The Kier molecular flexibility index (Phi) is 7.88. The van der Waals surface area contributed by atoms with E-state index in [4.69, 9.17) is 25.8 Å². The standard InChI is InChI=1S/C26H18ClF6NO6/c1-2-38-18(35)10-13-7-8-17(16(27)9-13)34-23(36)19-20(24(34)37)22(40-12-26(31,32)33)15-6-4-3-5-14(15)21(19)39-11-25(28,29)30/h3-9H,2,10-12H2,1H3. The number of rotatable bonds is 8. The molecule has 2 amide bonds. The van der Waals surface area contributed by atoms with Gasteiger partial charge in [0.15, 0.2) is 13.2 Å². The maximum absolute atomic E-state index is 13.6. The molecule has 0 atom stereocenters. The van der Waals surface area contributed by atoms with E-state index < -0.39 is 66.0 Å². The number of hydrogen-bond donors (Lipinski definition) is 0. The molecule has 0 radical (unpaired) electrons. The number of hydrogen-bond acceptors (Lipinski definition) is 6. The van der Waals surface area contributed by atoms with Gasteiger partial charge in [0.1, 0.15) is 11.5 Å². The van der Waals surface area contributed by atoms with Crippen molar-refractivity contribution in [1.29, 1.82) is 0 Å². The Hall–Kier alpha value is -4.00. The molecule has 7 nitrogen and oxygen atoms in total. The quantitative estimate of drug-likeness (QED) is 0.175. The molecule has 0 fully saturated rings. The molecule has 0 aromatic heterocycles. The van der Waals surface area contributed by atoms with E-state index in [1.165, 1.54) is 42.5 Å². The lowest BCUT2D eigenvalue weighted by Crippen LogP contribution is -2.30.